The molecular formula is C36H33N5O2. The lowest BCUT2D eigenvalue weighted by Crippen LogP contribution is -2.06. The number of carboxylic acids is 1. The molecule has 3 aromatic heterocycles. The second kappa shape index (κ2) is 10.6. The lowest BCUT2D eigenvalue weighted by Gasteiger charge is -2.12. The number of benzene rings is 4. The van der Waals surface area contributed by atoms with Gasteiger partial charge in [0, 0.05) is 37.2 Å². The number of carbonyl (C=O) groups is 1. The van der Waals surface area contributed by atoms with E-state index in [0.29, 0.717) is 12.2 Å². The van der Waals surface area contributed by atoms with Crippen molar-refractivity contribution in [1.82, 2.24) is 23.7 Å². The highest BCUT2D eigenvalue weighted by Gasteiger charge is 2.18. The first-order valence-electron chi connectivity index (χ1n) is 14.8. The molecule has 7 rings (SSSR count). The van der Waals surface area contributed by atoms with Crippen LogP contribution in [0.2, 0.25) is 0 Å². The first-order chi connectivity index (χ1) is 20.9. The van der Waals surface area contributed by atoms with Gasteiger partial charge in [-0.2, -0.15) is 0 Å². The molecule has 0 radical (unpaired) electrons. The van der Waals surface area contributed by atoms with Crippen LogP contribution < -0.4 is 0 Å². The van der Waals surface area contributed by atoms with E-state index in [2.05, 4.69) is 78.6 Å². The SMILES string of the molecule is CCCCc1nc2c(C)cc(-c3nc4ccccc4n3C)cc2n1Cc1ccc2c(ccn2-c2ccccc2C(=O)O)c1. The van der Waals surface area contributed by atoms with Crippen LogP contribution in [0.1, 0.15) is 47.1 Å². The number of hydrogen-bond acceptors (Lipinski definition) is 3. The Balaban J connectivity index is 1.32. The Morgan fingerprint density at radius 3 is 2.51 bits per heavy atom. The Morgan fingerprint density at radius 2 is 1.70 bits per heavy atom. The Bertz CT molecular complexity index is 2160. The van der Waals surface area contributed by atoms with E-state index >= 15 is 0 Å². The first kappa shape index (κ1) is 26.7. The molecule has 0 saturated carbocycles. The van der Waals surface area contributed by atoms with Crippen molar-refractivity contribution in [3.8, 4) is 17.1 Å². The molecule has 0 amide bonds. The van der Waals surface area contributed by atoms with Crippen LogP contribution in [-0.4, -0.2) is 34.7 Å². The number of nitrogens with zero attached hydrogens (tertiary/aromatic N) is 5. The smallest absolute Gasteiger partial charge is 0.337 e. The van der Waals surface area contributed by atoms with Crippen molar-refractivity contribution in [2.75, 3.05) is 0 Å². The van der Waals surface area contributed by atoms with Crippen LogP contribution in [0.25, 0.3) is 50.0 Å². The third-order valence-electron chi connectivity index (χ3n) is 8.41. The van der Waals surface area contributed by atoms with Crippen LogP contribution in [0.3, 0.4) is 0 Å². The van der Waals surface area contributed by atoms with Crippen molar-refractivity contribution in [2.24, 2.45) is 7.05 Å². The quantitative estimate of drug-likeness (QED) is 0.202. The summed E-state index contributed by atoms with van der Waals surface area (Å²) in [5, 5.41) is 10.8. The van der Waals surface area contributed by atoms with Crippen molar-refractivity contribution >= 4 is 38.9 Å². The van der Waals surface area contributed by atoms with E-state index in [4.69, 9.17) is 9.97 Å². The number of carboxylic acid groups (broad SMARTS) is 1. The molecule has 214 valence electrons. The van der Waals surface area contributed by atoms with Crippen molar-refractivity contribution in [2.45, 2.75) is 39.7 Å². The average molecular weight is 568 g/mol. The van der Waals surface area contributed by atoms with E-state index in [-0.39, 0.29) is 5.56 Å². The van der Waals surface area contributed by atoms with Gasteiger partial charge in [-0.3, -0.25) is 0 Å². The summed E-state index contributed by atoms with van der Waals surface area (Å²) < 4.78 is 6.48. The second-order valence-corrected chi connectivity index (χ2v) is 11.3. The van der Waals surface area contributed by atoms with Gasteiger partial charge >= 0.3 is 5.97 Å². The summed E-state index contributed by atoms with van der Waals surface area (Å²) in [4.78, 5) is 22.0. The number of aryl methyl sites for hydroxylation is 3. The van der Waals surface area contributed by atoms with Gasteiger partial charge in [0.2, 0.25) is 0 Å². The molecule has 7 nitrogen and oxygen atoms in total. The van der Waals surface area contributed by atoms with E-state index in [1.54, 1.807) is 12.1 Å². The number of aromatic carboxylic acids is 1. The fourth-order valence-electron chi connectivity index (χ4n) is 6.22. The van der Waals surface area contributed by atoms with Crippen LogP contribution >= 0.6 is 0 Å². The number of hydrogen-bond donors (Lipinski definition) is 1. The predicted octanol–water partition coefficient (Wildman–Crippen LogP) is 7.93. The maximum absolute atomic E-state index is 11.9. The molecule has 0 bridgehead atoms. The van der Waals surface area contributed by atoms with Crippen LogP contribution in [-0.2, 0) is 20.0 Å². The van der Waals surface area contributed by atoms with Gasteiger partial charge in [-0.05, 0) is 79.1 Å². The van der Waals surface area contributed by atoms with Gasteiger partial charge in [-0.25, -0.2) is 14.8 Å². The molecule has 43 heavy (non-hydrogen) atoms. The molecule has 0 spiro atoms. The van der Waals surface area contributed by atoms with Gasteiger partial charge in [-0.15, -0.1) is 0 Å². The minimum absolute atomic E-state index is 0.279. The summed E-state index contributed by atoms with van der Waals surface area (Å²) in [6.07, 6.45) is 5.04. The maximum atomic E-state index is 11.9. The number of rotatable bonds is 8. The molecule has 0 aliphatic heterocycles. The highest BCUT2D eigenvalue weighted by Crippen LogP contribution is 2.31. The van der Waals surface area contributed by atoms with E-state index in [1.807, 2.05) is 35.0 Å². The zero-order valence-electron chi connectivity index (χ0n) is 24.6. The predicted molar refractivity (Wildman–Crippen MR) is 172 cm³/mol. The lowest BCUT2D eigenvalue weighted by atomic mass is 10.1. The molecule has 3 heterocycles. The molecule has 0 unspecified atom stereocenters. The number of imidazole rings is 2. The average Bonchev–Trinajstić information content (AvgIpc) is 3.70. The van der Waals surface area contributed by atoms with Gasteiger partial charge in [0.15, 0.2) is 0 Å². The van der Waals surface area contributed by atoms with Crippen LogP contribution in [0.4, 0.5) is 0 Å². The molecule has 1 N–H and O–H groups in total. The van der Waals surface area contributed by atoms with Gasteiger partial charge in [0.1, 0.15) is 11.6 Å². The largest absolute Gasteiger partial charge is 0.478 e. The lowest BCUT2D eigenvalue weighted by molar-refractivity contribution is 0.0697. The monoisotopic (exact) mass is 567 g/mol. The number of aromatic nitrogens is 5. The van der Waals surface area contributed by atoms with Gasteiger partial charge in [0.05, 0.1) is 38.8 Å². The zero-order valence-corrected chi connectivity index (χ0v) is 24.6. The van der Waals surface area contributed by atoms with Gasteiger partial charge in [0.25, 0.3) is 0 Å². The third-order valence-corrected chi connectivity index (χ3v) is 8.41. The van der Waals surface area contributed by atoms with Gasteiger partial charge < -0.3 is 18.8 Å². The van der Waals surface area contributed by atoms with Crippen LogP contribution in [0.15, 0.2) is 91.1 Å². The van der Waals surface area contributed by atoms with Crippen molar-refractivity contribution < 1.29 is 9.90 Å². The van der Waals surface area contributed by atoms with Gasteiger partial charge in [-0.1, -0.05) is 43.7 Å². The highest BCUT2D eigenvalue weighted by atomic mass is 16.4. The molecule has 0 fully saturated rings. The molecule has 0 aliphatic carbocycles. The number of fused-ring (bicyclic) bond motifs is 3. The standard InChI is InChI=1S/C36H33N5O2/c1-4-5-14-33-38-34-23(2)19-26(35-37-28-11-7-9-13-31(28)39(35)3)21-32(34)41(33)22-24-15-16-29-25(20-24)17-18-40(29)30-12-8-6-10-27(30)36(42)43/h6-13,15-21H,4-5,14,22H2,1-3H3,(H,42,43). The summed E-state index contributed by atoms with van der Waals surface area (Å²) in [7, 11) is 2.07. The fourth-order valence-corrected chi connectivity index (χ4v) is 6.22. The van der Waals surface area contributed by atoms with Crippen molar-refractivity contribution in [1.29, 1.82) is 0 Å². The summed E-state index contributed by atoms with van der Waals surface area (Å²) >= 11 is 0. The van der Waals surface area contributed by atoms with E-state index in [1.165, 1.54) is 5.56 Å². The van der Waals surface area contributed by atoms with Crippen LogP contribution in [0.5, 0.6) is 0 Å². The van der Waals surface area contributed by atoms with Crippen molar-refractivity contribution in [3.05, 3.63) is 114 Å². The zero-order chi connectivity index (χ0) is 29.7. The third kappa shape index (κ3) is 4.57. The molecule has 0 aliphatic rings. The molecule has 0 atom stereocenters. The topological polar surface area (TPSA) is 77.9 Å². The summed E-state index contributed by atoms with van der Waals surface area (Å²) in [6, 6.07) is 28.3. The number of para-hydroxylation sites is 3. The van der Waals surface area contributed by atoms with E-state index in [0.717, 1.165) is 75.0 Å². The molecular weight excluding hydrogens is 534 g/mol. The summed E-state index contributed by atoms with van der Waals surface area (Å²) in [5.41, 5.74) is 9.54. The highest BCUT2D eigenvalue weighted by molar-refractivity contribution is 5.94. The van der Waals surface area contributed by atoms with Crippen LogP contribution in [0, 0.1) is 6.92 Å². The van der Waals surface area contributed by atoms with E-state index in [9.17, 15) is 9.90 Å². The van der Waals surface area contributed by atoms with Crippen molar-refractivity contribution in [3.63, 3.8) is 0 Å². The minimum Gasteiger partial charge on any atom is -0.478 e. The first-order valence-corrected chi connectivity index (χ1v) is 14.8. The summed E-state index contributed by atoms with van der Waals surface area (Å²) in [5.74, 6) is 1.10. The summed E-state index contributed by atoms with van der Waals surface area (Å²) in [6.45, 7) is 5.04. The Labute approximate surface area is 249 Å². The maximum Gasteiger partial charge on any atom is 0.337 e. The van der Waals surface area contributed by atoms with E-state index < -0.39 is 5.97 Å². The number of unbranched alkanes of at least 4 members (excludes halogenated alkanes) is 1. The molecule has 7 aromatic rings. The molecule has 0 saturated heterocycles. The Hall–Kier alpha value is -5.17. The minimum atomic E-state index is -0.936. The fraction of sp³-hybridized carbons (Fsp3) is 0.194. The Kier molecular flexibility index (Phi) is 6.58. The molecule has 7 heteroatoms. The molecule has 4 aromatic carbocycles. The normalized spacial score (nSPS) is 11.7. The second-order valence-electron chi connectivity index (χ2n) is 11.3. The Morgan fingerprint density at radius 1 is 0.884 bits per heavy atom.